The van der Waals surface area contributed by atoms with Gasteiger partial charge < -0.3 is 4.90 Å². The third-order valence-corrected chi connectivity index (χ3v) is 5.71. The monoisotopic (exact) mass is 383 g/mol. The Morgan fingerprint density at radius 3 is 1.41 bits per heavy atom. The number of nitrogens with zero attached hydrogens (tertiary/aromatic N) is 1. The lowest BCUT2D eigenvalue weighted by Crippen LogP contribution is -2.38. The molecule has 0 N–H and O–H groups in total. The Balaban J connectivity index is 1.54. The first-order chi connectivity index (χ1) is 14.2. The van der Waals surface area contributed by atoms with Crippen LogP contribution in [0.3, 0.4) is 0 Å². The lowest BCUT2D eigenvalue weighted by atomic mass is 10.0. The Morgan fingerprint density at radius 2 is 1.00 bits per heavy atom. The van der Waals surface area contributed by atoms with Crippen LogP contribution in [0.4, 0.5) is 5.69 Å². The van der Waals surface area contributed by atoms with Crippen molar-refractivity contribution in [3.05, 3.63) is 102 Å². The van der Waals surface area contributed by atoms with Crippen molar-refractivity contribution < 1.29 is 9.59 Å². The molecule has 0 saturated carbocycles. The molecule has 0 unspecified atom stereocenters. The van der Waals surface area contributed by atoms with E-state index < -0.39 is 0 Å². The topological polar surface area (TPSA) is 37.4 Å². The molecule has 0 radical (unpaired) electrons. The Kier molecular flexibility index (Phi) is 5.85. The molecule has 146 valence electrons. The Morgan fingerprint density at radius 1 is 0.621 bits per heavy atom. The summed E-state index contributed by atoms with van der Waals surface area (Å²) < 4.78 is 0. The molecule has 1 aliphatic heterocycles. The minimum absolute atomic E-state index is 0.110. The highest BCUT2D eigenvalue weighted by Crippen LogP contribution is 2.34. The van der Waals surface area contributed by atoms with E-state index in [1.54, 1.807) is 0 Å². The van der Waals surface area contributed by atoms with Gasteiger partial charge in [0.15, 0.2) is 11.6 Å². The minimum Gasteiger partial charge on any atom is -0.365 e. The Labute approximate surface area is 172 Å². The molecule has 3 nitrogen and oxygen atoms in total. The van der Waals surface area contributed by atoms with Gasteiger partial charge in [-0.15, -0.1) is 0 Å². The smallest absolute Gasteiger partial charge is 0.164 e. The van der Waals surface area contributed by atoms with Gasteiger partial charge in [-0.25, -0.2) is 0 Å². The number of Topliss-reactive ketones (excluding diaryl/α,β-unsaturated/α-hetero) is 2. The van der Waals surface area contributed by atoms with Crippen LogP contribution in [0.15, 0.2) is 91.0 Å². The highest BCUT2D eigenvalue weighted by atomic mass is 16.1. The van der Waals surface area contributed by atoms with E-state index in [1.165, 1.54) is 0 Å². The van der Waals surface area contributed by atoms with Gasteiger partial charge in [0.05, 0.1) is 0 Å². The molecule has 1 heterocycles. The SMILES string of the molecule is O=C(C[C@H]1CC[C@@H](CC(=O)c2ccccc2)N1c1ccccc1)c1ccccc1. The standard InChI is InChI=1S/C26H25NO2/c28-25(20-10-4-1-5-11-20)18-23-16-17-24(27(23)22-14-8-3-9-15-22)19-26(29)21-12-6-2-7-13-21/h1-15,23-24H,16-19H2/t23-,24+. The summed E-state index contributed by atoms with van der Waals surface area (Å²) in [5, 5.41) is 0. The lowest BCUT2D eigenvalue weighted by molar-refractivity contribution is 0.0972. The van der Waals surface area contributed by atoms with Gasteiger partial charge in [0.1, 0.15) is 0 Å². The van der Waals surface area contributed by atoms with Crippen LogP contribution < -0.4 is 4.90 Å². The Hall–Kier alpha value is -3.20. The molecule has 3 aromatic rings. The molecule has 0 bridgehead atoms. The van der Waals surface area contributed by atoms with Crippen LogP contribution in [0.25, 0.3) is 0 Å². The van der Waals surface area contributed by atoms with Crippen LogP contribution in [0.2, 0.25) is 0 Å². The van der Waals surface area contributed by atoms with Crippen LogP contribution in [0.5, 0.6) is 0 Å². The molecule has 1 fully saturated rings. The van der Waals surface area contributed by atoms with Gasteiger partial charge in [-0.2, -0.15) is 0 Å². The van der Waals surface area contributed by atoms with Gasteiger partial charge in [-0.3, -0.25) is 9.59 Å². The maximum atomic E-state index is 12.8. The third kappa shape index (κ3) is 4.45. The number of rotatable bonds is 7. The predicted molar refractivity (Wildman–Crippen MR) is 117 cm³/mol. The van der Waals surface area contributed by atoms with E-state index >= 15 is 0 Å². The fourth-order valence-electron chi connectivity index (χ4n) is 4.30. The van der Waals surface area contributed by atoms with E-state index in [9.17, 15) is 9.59 Å². The molecule has 0 amide bonds. The number of carbonyl (C=O) groups is 2. The molecule has 1 aliphatic rings. The molecule has 0 aliphatic carbocycles. The van der Waals surface area contributed by atoms with Gasteiger partial charge >= 0.3 is 0 Å². The zero-order chi connectivity index (χ0) is 20.1. The van der Waals surface area contributed by atoms with Crippen LogP contribution in [0.1, 0.15) is 46.4 Å². The van der Waals surface area contributed by atoms with E-state index in [2.05, 4.69) is 17.0 Å². The highest BCUT2D eigenvalue weighted by Gasteiger charge is 2.36. The summed E-state index contributed by atoms with van der Waals surface area (Å²) in [5.74, 6) is 0.318. The molecule has 4 rings (SSSR count). The fourth-order valence-corrected chi connectivity index (χ4v) is 4.30. The van der Waals surface area contributed by atoms with Crippen molar-refractivity contribution >= 4 is 17.3 Å². The van der Waals surface area contributed by atoms with Crippen molar-refractivity contribution in [2.24, 2.45) is 0 Å². The average Bonchev–Trinajstić information content (AvgIpc) is 3.17. The highest BCUT2D eigenvalue weighted by molar-refractivity contribution is 5.97. The summed E-state index contributed by atoms with van der Waals surface area (Å²) in [6.07, 6.45) is 2.77. The average molecular weight is 383 g/mol. The number of para-hydroxylation sites is 1. The summed E-state index contributed by atoms with van der Waals surface area (Å²) >= 11 is 0. The first-order valence-corrected chi connectivity index (χ1v) is 10.2. The molecular weight excluding hydrogens is 358 g/mol. The fraction of sp³-hybridized carbons (Fsp3) is 0.231. The summed E-state index contributed by atoms with van der Waals surface area (Å²) in [6, 6.07) is 29.3. The van der Waals surface area contributed by atoms with Crippen molar-refractivity contribution in [3.8, 4) is 0 Å². The van der Waals surface area contributed by atoms with Gasteiger partial charge in [0.2, 0.25) is 0 Å². The first kappa shape index (κ1) is 19.1. The van der Waals surface area contributed by atoms with Crippen LogP contribution in [0, 0.1) is 0 Å². The molecule has 3 heteroatoms. The maximum absolute atomic E-state index is 12.8. The van der Waals surface area contributed by atoms with Crippen LogP contribution in [-0.4, -0.2) is 23.7 Å². The second-order valence-corrected chi connectivity index (χ2v) is 7.61. The van der Waals surface area contributed by atoms with Gasteiger partial charge in [-0.1, -0.05) is 78.9 Å². The quantitative estimate of drug-likeness (QED) is 0.501. The third-order valence-electron chi connectivity index (χ3n) is 5.71. The number of hydrogen-bond acceptors (Lipinski definition) is 3. The number of benzene rings is 3. The second-order valence-electron chi connectivity index (χ2n) is 7.61. The number of carbonyl (C=O) groups excluding carboxylic acids is 2. The summed E-state index contributed by atoms with van der Waals surface area (Å²) in [4.78, 5) is 28.0. The number of anilines is 1. The molecule has 0 aromatic heterocycles. The van der Waals surface area contributed by atoms with E-state index in [4.69, 9.17) is 0 Å². The number of ketones is 2. The summed E-state index contributed by atoms with van der Waals surface area (Å²) in [5.41, 5.74) is 2.59. The molecule has 0 spiro atoms. The second kappa shape index (κ2) is 8.87. The first-order valence-electron chi connectivity index (χ1n) is 10.2. The minimum atomic E-state index is 0.110. The molecular formula is C26H25NO2. The molecule has 2 atom stereocenters. The van der Waals surface area contributed by atoms with E-state index in [1.807, 2.05) is 78.9 Å². The van der Waals surface area contributed by atoms with Gasteiger partial charge in [0, 0.05) is 41.7 Å². The largest absolute Gasteiger partial charge is 0.365 e. The summed E-state index contributed by atoms with van der Waals surface area (Å²) in [6.45, 7) is 0. The summed E-state index contributed by atoms with van der Waals surface area (Å²) in [7, 11) is 0. The lowest BCUT2D eigenvalue weighted by Gasteiger charge is -2.32. The van der Waals surface area contributed by atoms with Crippen molar-refractivity contribution in [3.63, 3.8) is 0 Å². The van der Waals surface area contributed by atoms with Crippen molar-refractivity contribution in [2.45, 2.75) is 37.8 Å². The van der Waals surface area contributed by atoms with Crippen LogP contribution in [-0.2, 0) is 0 Å². The Bertz CT molecular complexity index is 892. The van der Waals surface area contributed by atoms with E-state index in [0.29, 0.717) is 12.8 Å². The normalized spacial score (nSPS) is 18.6. The zero-order valence-corrected chi connectivity index (χ0v) is 16.4. The van der Waals surface area contributed by atoms with E-state index in [0.717, 1.165) is 29.7 Å². The van der Waals surface area contributed by atoms with Crippen LogP contribution >= 0.6 is 0 Å². The zero-order valence-electron chi connectivity index (χ0n) is 16.4. The molecule has 29 heavy (non-hydrogen) atoms. The predicted octanol–water partition coefficient (Wildman–Crippen LogP) is 5.57. The van der Waals surface area contributed by atoms with Gasteiger partial charge in [-0.05, 0) is 25.0 Å². The van der Waals surface area contributed by atoms with Crippen molar-refractivity contribution in [1.29, 1.82) is 0 Å². The van der Waals surface area contributed by atoms with Crippen molar-refractivity contribution in [2.75, 3.05) is 4.90 Å². The molecule has 1 saturated heterocycles. The van der Waals surface area contributed by atoms with Crippen molar-refractivity contribution in [1.82, 2.24) is 0 Å². The maximum Gasteiger partial charge on any atom is 0.164 e. The molecule has 3 aromatic carbocycles. The number of hydrogen-bond donors (Lipinski definition) is 0. The van der Waals surface area contributed by atoms with Gasteiger partial charge in [0.25, 0.3) is 0 Å². The van der Waals surface area contributed by atoms with E-state index in [-0.39, 0.29) is 23.7 Å².